The smallest absolute Gasteiger partial charge is 0.255 e. The topological polar surface area (TPSA) is 61.9 Å². The minimum atomic E-state index is -0.428. The second kappa shape index (κ2) is 8.42. The number of benzene rings is 1. The summed E-state index contributed by atoms with van der Waals surface area (Å²) in [5, 5.41) is 2.79. The van der Waals surface area contributed by atoms with Crippen LogP contribution in [0.15, 0.2) is 30.5 Å². The first-order valence-corrected chi connectivity index (χ1v) is 11.2. The third-order valence-electron chi connectivity index (χ3n) is 6.77. The summed E-state index contributed by atoms with van der Waals surface area (Å²) in [5.41, 5.74) is 2.35. The molecule has 162 valence electrons. The van der Waals surface area contributed by atoms with Gasteiger partial charge in [0.15, 0.2) is 0 Å². The molecule has 1 aromatic rings. The van der Waals surface area contributed by atoms with Crippen molar-refractivity contribution in [2.45, 2.75) is 83.6 Å². The first-order valence-electron chi connectivity index (χ1n) is 11.2. The normalized spacial score (nSPS) is 26.5. The van der Waals surface area contributed by atoms with Crippen LogP contribution in [0.25, 0.3) is 0 Å². The second-order valence-corrected chi connectivity index (χ2v) is 8.98. The minimum absolute atomic E-state index is 0.0695. The average molecular weight is 412 g/mol. The van der Waals surface area contributed by atoms with Crippen LogP contribution in [0.4, 0.5) is 0 Å². The zero-order valence-corrected chi connectivity index (χ0v) is 18.3. The lowest BCUT2D eigenvalue weighted by molar-refractivity contribution is -0.126. The molecule has 1 saturated carbocycles. The Morgan fingerprint density at radius 1 is 1.27 bits per heavy atom. The first kappa shape index (κ1) is 20.9. The van der Waals surface area contributed by atoms with Crippen molar-refractivity contribution in [2.75, 3.05) is 6.54 Å². The Bertz CT molecular complexity index is 850. The molecule has 0 spiro atoms. The standard InChI is InChI=1S/C24H33N3O3/c1-5-26(15(2)3)20-7-6-8-22(20)30-18-10-11-19-17(13-18)14-27(24(19)29)21-12-9-16(4)25-23(21)28/h10-11,13,15,20-22H,4-9,12,14H2,1-3H3,(H,25,28)/t20-,21?,22-/m0/s1. The number of carbonyl (C=O) groups excluding carboxylic acids is 2. The number of nitrogens with zero attached hydrogens (tertiary/aromatic N) is 2. The molecule has 1 unspecified atom stereocenters. The van der Waals surface area contributed by atoms with E-state index in [4.69, 9.17) is 4.74 Å². The van der Waals surface area contributed by atoms with E-state index >= 15 is 0 Å². The first-order chi connectivity index (χ1) is 14.4. The molecular weight excluding hydrogens is 378 g/mol. The molecule has 3 atom stereocenters. The van der Waals surface area contributed by atoms with E-state index in [1.165, 1.54) is 6.42 Å². The van der Waals surface area contributed by atoms with Gasteiger partial charge in [-0.05, 0) is 76.3 Å². The van der Waals surface area contributed by atoms with Gasteiger partial charge in [-0.25, -0.2) is 0 Å². The molecule has 30 heavy (non-hydrogen) atoms. The van der Waals surface area contributed by atoms with Crippen LogP contribution in [0.3, 0.4) is 0 Å². The van der Waals surface area contributed by atoms with Crippen LogP contribution in [0.2, 0.25) is 0 Å². The number of piperidine rings is 1. The maximum absolute atomic E-state index is 12.9. The Hall–Kier alpha value is -2.34. The molecule has 2 fully saturated rings. The maximum atomic E-state index is 12.9. The molecular formula is C24H33N3O3. The van der Waals surface area contributed by atoms with Crippen molar-refractivity contribution in [3.05, 3.63) is 41.6 Å². The average Bonchev–Trinajstić information content (AvgIpc) is 3.27. The number of carbonyl (C=O) groups is 2. The minimum Gasteiger partial charge on any atom is -0.489 e. The van der Waals surface area contributed by atoms with Gasteiger partial charge in [-0.1, -0.05) is 13.5 Å². The predicted molar refractivity (Wildman–Crippen MR) is 116 cm³/mol. The zero-order valence-electron chi connectivity index (χ0n) is 18.3. The Labute approximate surface area is 179 Å². The summed E-state index contributed by atoms with van der Waals surface area (Å²) in [5.74, 6) is 0.618. The van der Waals surface area contributed by atoms with Gasteiger partial charge in [0.1, 0.15) is 17.9 Å². The molecule has 4 rings (SSSR count). The van der Waals surface area contributed by atoms with Gasteiger partial charge in [-0.2, -0.15) is 0 Å². The van der Waals surface area contributed by atoms with E-state index in [-0.39, 0.29) is 17.9 Å². The van der Waals surface area contributed by atoms with Crippen molar-refractivity contribution in [1.82, 2.24) is 15.1 Å². The molecule has 0 bridgehead atoms. The van der Waals surface area contributed by atoms with E-state index < -0.39 is 6.04 Å². The van der Waals surface area contributed by atoms with Crippen LogP contribution in [-0.4, -0.2) is 52.4 Å². The SMILES string of the molecule is C=C1CCC(N2Cc3cc(O[C@H]4CCC[C@@H]4N(CC)C(C)C)ccc3C2=O)C(=O)N1. The Morgan fingerprint density at radius 3 is 2.77 bits per heavy atom. The summed E-state index contributed by atoms with van der Waals surface area (Å²) in [4.78, 5) is 29.5. The Kier molecular flexibility index (Phi) is 5.87. The largest absolute Gasteiger partial charge is 0.489 e. The number of hydrogen-bond donors (Lipinski definition) is 1. The molecule has 2 aliphatic heterocycles. The third kappa shape index (κ3) is 3.85. The van der Waals surface area contributed by atoms with Gasteiger partial charge in [-0.3, -0.25) is 14.5 Å². The fourth-order valence-electron chi connectivity index (χ4n) is 5.28. The molecule has 6 nitrogen and oxygen atoms in total. The monoisotopic (exact) mass is 411 g/mol. The van der Waals surface area contributed by atoms with Crippen molar-refractivity contribution in [3.63, 3.8) is 0 Å². The number of likely N-dealkylation sites (N-methyl/N-ethyl adjacent to an activating group) is 1. The van der Waals surface area contributed by atoms with Gasteiger partial charge in [0.05, 0.1) is 0 Å². The molecule has 0 radical (unpaired) electrons. The van der Waals surface area contributed by atoms with E-state index in [0.717, 1.165) is 36.4 Å². The maximum Gasteiger partial charge on any atom is 0.255 e. The number of rotatable bonds is 6. The highest BCUT2D eigenvalue weighted by molar-refractivity contribution is 6.01. The number of fused-ring (bicyclic) bond motifs is 1. The number of ether oxygens (including phenoxy) is 1. The molecule has 1 aromatic carbocycles. The van der Waals surface area contributed by atoms with Gasteiger partial charge in [0, 0.05) is 29.9 Å². The molecule has 3 aliphatic rings. The van der Waals surface area contributed by atoms with Crippen molar-refractivity contribution < 1.29 is 14.3 Å². The third-order valence-corrected chi connectivity index (χ3v) is 6.77. The van der Waals surface area contributed by atoms with Crippen molar-refractivity contribution in [1.29, 1.82) is 0 Å². The van der Waals surface area contributed by atoms with Gasteiger partial charge in [0.2, 0.25) is 5.91 Å². The van der Waals surface area contributed by atoms with E-state index in [9.17, 15) is 9.59 Å². The Balaban J connectivity index is 1.48. The number of nitrogens with one attached hydrogen (secondary N) is 1. The van der Waals surface area contributed by atoms with Gasteiger partial charge >= 0.3 is 0 Å². The fourth-order valence-corrected chi connectivity index (χ4v) is 5.28. The lowest BCUT2D eigenvalue weighted by Gasteiger charge is -2.35. The van der Waals surface area contributed by atoms with Crippen molar-refractivity contribution in [3.8, 4) is 5.75 Å². The molecule has 6 heteroatoms. The quantitative estimate of drug-likeness (QED) is 0.779. The summed E-state index contributed by atoms with van der Waals surface area (Å²) in [6.07, 6.45) is 4.90. The summed E-state index contributed by atoms with van der Waals surface area (Å²) in [7, 11) is 0. The van der Waals surface area contributed by atoms with Crippen molar-refractivity contribution >= 4 is 11.8 Å². The molecule has 2 amide bonds. The number of hydrogen-bond acceptors (Lipinski definition) is 4. The van der Waals surface area contributed by atoms with Crippen LogP contribution < -0.4 is 10.1 Å². The van der Waals surface area contributed by atoms with Crippen LogP contribution >= 0.6 is 0 Å². The Morgan fingerprint density at radius 2 is 2.07 bits per heavy atom. The fraction of sp³-hybridized carbons (Fsp3) is 0.583. The predicted octanol–water partition coefficient (Wildman–Crippen LogP) is 3.46. The highest BCUT2D eigenvalue weighted by atomic mass is 16.5. The van der Waals surface area contributed by atoms with Gasteiger partial charge in [0.25, 0.3) is 5.91 Å². The molecule has 1 N–H and O–H groups in total. The van der Waals surface area contributed by atoms with Crippen LogP contribution in [-0.2, 0) is 11.3 Å². The molecule has 1 aliphatic carbocycles. The highest BCUT2D eigenvalue weighted by Crippen LogP contribution is 2.33. The lowest BCUT2D eigenvalue weighted by Crippen LogP contribution is -2.49. The summed E-state index contributed by atoms with van der Waals surface area (Å²) in [6.45, 7) is 12.0. The second-order valence-electron chi connectivity index (χ2n) is 8.98. The summed E-state index contributed by atoms with van der Waals surface area (Å²) in [6, 6.07) is 6.26. The van der Waals surface area contributed by atoms with Crippen LogP contribution in [0.1, 0.15) is 68.8 Å². The van der Waals surface area contributed by atoms with E-state index in [0.29, 0.717) is 37.0 Å². The van der Waals surface area contributed by atoms with Crippen LogP contribution in [0.5, 0.6) is 5.75 Å². The summed E-state index contributed by atoms with van der Waals surface area (Å²) < 4.78 is 6.43. The van der Waals surface area contributed by atoms with Gasteiger partial charge < -0.3 is 15.0 Å². The van der Waals surface area contributed by atoms with E-state index in [2.05, 4.69) is 37.6 Å². The zero-order chi connectivity index (χ0) is 21.4. The molecule has 1 saturated heterocycles. The summed E-state index contributed by atoms with van der Waals surface area (Å²) >= 11 is 0. The van der Waals surface area contributed by atoms with Crippen molar-refractivity contribution in [2.24, 2.45) is 0 Å². The van der Waals surface area contributed by atoms with E-state index in [1.807, 2.05) is 18.2 Å². The lowest BCUT2D eigenvalue weighted by atomic mass is 10.0. The number of allylic oxidation sites excluding steroid dienone is 1. The highest BCUT2D eigenvalue weighted by Gasteiger charge is 2.39. The van der Waals surface area contributed by atoms with Gasteiger partial charge in [-0.15, -0.1) is 0 Å². The molecule has 0 aromatic heterocycles. The number of amides is 2. The molecule has 2 heterocycles. The van der Waals surface area contributed by atoms with E-state index in [1.54, 1.807) is 4.90 Å². The van der Waals surface area contributed by atoms with Crippen LogP contribution in [0, 0.1) is 0 Å².